The van der Waals surface area contributed by atoms with E-state index in [-0.39, 0.29) is 6.61 Å². The molecule has 1 rings (SSSR count). The van der Waals surface area contributed by atoms with Crippen LogP contribution in [0, 0.1) is 0 Å². The van der Waals surface area contributed by atoms with Crippen LogP contribution in [0.25, 0.3) is 0 Å². The smallest absolute Gasteiger partial charge is 0.121 e. The maximum Gasteiger partial charge on any atom is 0.121 e. The minimum absolute atomic E-state index is 0.122. The highest BCUT2D eigenvalue weighted by Gasteiger charge is 2.09. The lowest BCUT2D eigenvalue weighted by Crippen LogP contribution is -2.28. The van der Waals surface area contributed by atoms with Gasteiger partial charge in [0.15, 0.2) is 0 Å². The number of nitrogen functional groups attached to an aromatic ring is 1. The largest absolute Gasteiger partial charge is 0.497 e. The van der Waals surface area contributed by atoms with Gasteiger partial charge >= 0.3 is 0 Å². The molecule has 1 aromatic rings. The average molecular weight is 224 g/mol. The number of aliphatic hydroxyl groups is 1. The van der Waals surface area contributed by atoms with Crippen molar-refractivity contribution >= 4 is 11.4 Å². The molecule has 0 saturated heterocycles. The molecule has 0 heterocycles. The van der Waals surface area contributed by atoms with Gasteiger partial charge < -0.3 is 20.5 Å². The van der Waals surface area contributed by atoms with Crippen LogP contribution < -0.4 is 15.4 Å². The van der Waals surface area contributed by atoms with Gasteiger partial charge in [0.1, 0.15) is 5.75 Å². The Kier molecular flexibility index (Phi) is 4.92. The summed E-state index contributed by atoms with van der Waals surface area (Å²) in [6.45, 7) is 3.68. The Hall–Kier alpha value is -1.42. The fraction of sp³-hybridized carbons (Fsp3) is 0.500. The van der Waals surface area contributed by atoms with E-state index >= 15 is 0 Å². The summed E-state index contributed by atoms with van der Waals surface area (Å²) in [5, 5.41) is 9.03. The summed E-state index contributed by atoms with van der Waals surface area (Å²) in [5.74, 6) is 0.781. The van der Waals surface area contributed by atoms with Gasteiger partial charge in [0, 0.05) is 19.2 Å². The molecule has 4 nitrogen and oxygen atoms in total. The van der Waals surface area contributed by atoms with Crippen molar-refractivity contribution < 1.29 is 9.84 Å². The fourth-order valence-corrected chi connectivity index (χ4v) is 1.67. The Morgan fingerprint density at radius 2 is 2.12 bits per heavy atom. The predicted octanol–water partition coefficient (Wildman–Crippen LogP) is 1.49. The summed E-state index contributed by atoms with van der Waals surface area (Å²) in [4.78, 5) is 2.07. The van der Waals surface area contributed by atoms with Crippen molar-refractivity contribution in [1.82, 2.24) is 0 Å². The lowest BCUT2D eigenvalue weighted by Gasteiger charge is -2.25. The maximum atomic E-state index is 9.03. The van der Waals surface area contributed by atoms with Gasteiger partial charge in [0.2, 0.25) is 0 Å². The number of hydrogen-bond acceptors (Lipinski definition) is 4. The van der Waals surface area contributed by atoms with Gasteiger partial charge in [-0.1, -0.05) is 6.92 Å². The molecular weight excluding hydrogens is 204 g/mol. The number of benzene rings is 1. The predicted molar refractivity (Wildman–Crippen MR) is 67.0 cm³/mol. The van der Waals surface area contributed by atoms with Crippen molar-refractivity contribution in [1.29, 1.82) is 0 Å². The first-order valence-corrected chi connectivity index (χ1v) is 5.52. The number of nitrogens with two attached hydrogens (primary N) is 1. The third-order valence-corrected chi connectivity index (χ3v) is 2.44. The van der Waals surface area contributed by atoms with Crippen LogP contribution in [0.5, 0.6) is 5.75 Å². The third kappa shape index (κ3) is 3.03. The lowest BCUT2D eigenvalue weighted by atomic mass is 10.2. The maximum absolute atomic E-state index is 9.03. The Morgan fingerprint density at radius 1 is 1.38 bits per heavy atom. The molecule has 90 valence electrons. The number of ether oxygens (including phenoxy) is 1. The Morgan fingerprint density at radius 3 is 2.69 bits per heavy atom. The molecule has 1 aromatic carbocycles. The van der Waals surface area contributed by atoms with E-state index in [4.69, 9.17) is 15.6 Å². The molecule has 0 atom stereocenters. The fourth-order valence-electron chi connectivity index (χ4n) is 1.67. The van der Waals surface area contributed by atoms with Crippen molar-refractivity contribution in [3.8, 4) is 5.75 Å². The number of hydrogen-bond donors (Lipinski definition) is 2. The molecule has 0 spiro atoms. The Balaban J connectivity index is 2.96. The van der Waals surface area contributed by atoms with E-state index < -0.39 is 0 Å². The highest BCUT2D eigenvalue weighted by atomic mass is 16.5. The van der Waals surface area contributed by atoms with E-state index in [2.05, 4.69) is 11.8 Å². The summed E-state index contributed by atoms with van der Waals surface area (Å²) in [7, 11) is 1.63. The van der Waals surface area contributed by atoms with Crippen molar-refractivity contribution in [3.05, 3.63) is 18.2 Å². The molecule has 0 fully saturated rings. The van der Waals surface area contributed by atoms with Gasteiger partial charge in [-0.15, -0.1) is 0 Å². The van der Waals surface area contributed by atoms with Gasteiger partial charge in [-0.25, -0.2) is 0 Å². The minimum atomic E-state index is 0.122. The van der Waals surface area contributed by atoms with Gasteiger partial charge in [0.25, 0.3) is 0 Å². The van der Waals surface area contributed by atoms with E-state index in [1.807, 2.05) is 18.2 Å². The van der Waals surface area contributed by atoms with Crippen LogP contribution >= 0.6 is 0 Å². The van der Waals surface area contributed by atoms with Crippen LogP contribution in [-0.4, -0.2) is 31.9 Å². The van der Waals surface area contributed by atoms with Crippen molar-refractivity contribution in [2.75, 3.05) is 37.4 Å². The molecule has 0 aliphatic carbocycles. The molecule has 3 N–H and O–H groups in total. The normalized spacial score (nSPS) is 10.2. The van der Waals surface area contributed by atoms with Gasteiger partial charge in [-0.2, -0.15) is 0 Å². The topological polar surface area (TPSA) is 58.7 Å². The van der Waals surface area contributed by atoms with E-state index in [1.165, 1.54) is 0 Å². The van der Waals surface area contributed by atoms with Crippen LogP contribution in [0.15, 0.2) is 18.2 Å². The van der Waals surface area contributed by atoms with Gasteiger partial charge in [0.05, 0.1) is 25.1 Å². The molecule has 4 heteroatoms. The lowest BCUT2D eigenvalue weighted by molar-refractivity contribution is 0.302. The molecular formula is C12H20N2O2. The van der Waals surface area contributed by atoms with E-state index in [1.54, 1.807) is 7.11 Å². The Labute approximate surface area is 96.6 Å². The molecule has 0 unspecified atom stereocenters. The van der Waals surface area contributed by atoms with Gasteiger partial charge in [-0.3, -0.25) is 0 Å². The molecule has 0 radical (unpaired) electrons. The second kappa shape index (κ2) is 6.23. The summed E-state index contributed by atoms with van der Waals surface area (Å²) < 4.78 is 5.17. The van der Waals surface area contributed by atoms with Crippen LogP contribution in [0.4, 0.5) is 11.4 Å². The summed E-state index contributed by atoms with van der Waals surface area (Å²) >= 11 is 0. The second-order valence-electron chi connectivity index (χ2n) is 3.64. The number of rotatable bonds is 6. The van der Waals surface area contributed by atoms with E-state index in [0.717, 1.165) is 24.4 Å². The van der Waals surface area contributed by atoms with Gasteiger partial charge in [-0.05, 0) is 18.6 Å². The average Bonchev–Trinajstić information content (AvgIpc) is 2.29. The molecule has 16 heavy (non-hydrogen) atoms. The molecule has 0 saturated carbocycles. The van der Waals surface area contributed by atoms with Crippen LogP contribution in [0.2, 0.25) is 0 Å². The standard InChI is InChI=1S/C12H20N2O2/c1-3-6-14(7-8-15)12-9-10(16-2)4-5-11(12)13/h4-5,9,15H,3,6-8,13H2,1-2H3. The molecule has 0 bridgehead atoms. The zero-order valence-electron chi connectivity index (χ0n) is 9.94. The first kappa shape index (κ1) is 12.6. The molecule has 0 aliphatic rings. The molecule has 0 amide bonds. The van der Waals surface area contributed by atoms with Crippen molar-refractivity contribution in [3.63, 3.8) is 0 Å². The van der Waals surface area contributed by atoms with Crippen molar-refractivity contribution in [2.24, 2.45) is 0 Å². The quantitative estimate of drug-likeness (QED) is 0.719. The van der Waals surface area contributed by atoms with Crippen molar-refractivity contribution in [2.45, 2.75) is 13.3 Å². The SMILES string of the molecule is CCCN(CCO)c1cc(OC)ccc1N. The summed E-state index contributed by atoms with van der Waals surface area (Å²) in [6, 6.07) is 5.57. The van der Waals surface area contributed by atoms with Crippen LogP contribution in [0.3, 0.4) is 0 Å². The third-order valence-electron chi connectivity index (χ3n) is 2.44. The molecule has 0 aromatic heterocycles. The number of aliphatic hydroxyl groups excluding tert-OH is 1. The number of methoxy groups -OCH3 is 1. The Bertz CT molecular complexity index is 323. The van der Waals surface area contributed by atoms with E-state index in [9.17, 15) is 0 Å². The minimum Gasteiger partial charge on any atom is -0.497 e. The van der Waals surface area contributed by atoms with Crippen LogP contribution in [0.1, 0.15) is 13.3 Å². The first-order valence-electron chi connectivity index (χ1n) is 5.52. The number of nitrogens with zero attached hydrogens (tertiary/aromatic N) is 1. The second-order valence-corrected chi connectivity index (χ2v) is 3.64. The van der Waals surface area contributed by atoms with E-state index in [0.29, 0.717) is 12.2 Å². The number of anilines is 2. The monoisotopic (exact) mass is 224 g/mol. The zero-order valence-corrected chi connectivity index (χ0v) is 9.94. The zero-order chi connectivity index (χ0) is 12.0. The first-order chi connectivity index (χ1) is 7.72. The summed E-state index contributed by atoms with van der Waals surface area (Å²) in [6.07, 6.45) is 1.01. The molecule has 0 aliphatic heterocycles. The summed E-state index contributed by atoms with van der Waals surface area (Å²) in [5.41, 5.74) is 7.56. The highest BCUT2D eigenvalue weighted by Crippen LogP contribution is 2.28. The van der Waals surface area contributed by atoms with Crippen LogP contribution in [-0.2, 0) is 0 Å². The highest BCUT2D eigenvalue weighted by molar-refractivity contribution is 5.69.